The molecule has 14 heteroatoms. The first-order valence-corrected chi connectivity index (χ1v) is 23.2. The molecular formula is C45H65FN6O6S. The number of likely N-dealkylation sites (N-methyl/N-ethyl adjacent to an activating group) is 1. The first kappa shape index (κ1) is 43.5. The van der Waals surface area contributed by atoms with Crippen LogP contribution in [-0.2, 0) is 24.8 Å². The molecule has 2 aromatic carbocycles. The second-order valence-electron chi connectivity index (χ2n) is 18.5. The summed E-state index contributed by atoms with van der Waals surface area (Å²) in [7, 11) is 1.72. The number of piperidine rings is 2. The number of carbonyl (C=O) groups is 2. The van der Waals surface area contributed by atoms with Crippen molar-refractivity contribution >= 4 is 27.5 Å². The van der Waals surface area contributed by atoms with Crippen LogP contribution in [0.2, 0.25) is 0 Å². The Bertz CT molecular complexity index is 1900. The number of halogens is 1. The minimum Gasteiger partial charge on any atom is -0.453 e. The van der Waals surface area contributed by atoms with E-state index < -0.39 is 32.2 Å². The standard InChI is InChI=1S/C45H65FN6O6S/c1-44(55)19-24-50(25-20-44)32-45(35-8-5-9-36(46)26-35,40-10-6-11-41(40)47-43(54)58-4)34-17-22-49(23-18-34)27-33-28-51(29-33)37-13-15-38(16-14-37)59(56,57)39-30-52(31-39)42(53)12-7-21-48(2)3/h5,7-9,12-16,26,33-34,39-41,55H,6,10-11,17-25,27-32H2,1-4H3,(H,47,54)/b12-7+/t40-,41-,45-/m0/s1. The molecule has 0 aromatic heterocycles. The van der Waals surface area contributed by atoms with Crippen LogP contribution in [-0.4, -0.2) is 155 Å². The highest BCUT2D eigenvalue weighted by atomic mass is 32.2. The summed E-state index contributed by atoms with van der Waals surface area (Å²) in [6.45, 7) is 9.98. The summed E-state index contributed by atoms with van der Waals surface area (Å²) < 4.78 is 47.0. The third-order valence-electron chi connectivity index (χ3n) is 14.1. The van der Waals surface area contributed by atoms with E-state index in [0.29, 0.717) is 30.2 Å². The van der Waals surface area contributed by atoms with Gasteiger partial charge in [-0.1, -0.05) is 24.6 Å². The SMILES string of the molecule is COC(=O)N[C@H]1CCC[C@@H]1[C@](CN1CCC(C)(O)CC1)(c1cccc(F)c1)C1CCN(CC2CN(c3ccc(S(=O)(=O)C4CN(C(=O)/C=C/CN(C)C)C4)cc3)C2)CC1. The van der Waals surface area contributed by atoms with Crippen molar-refractivity contribution in [1.29, 1.82) is 0 Å². The number of anilines is 1. The van der Waals surface area contributed by atoms with Crippen molar-refractivity contribution in [3.05, 3.63) is 72.1 Å². The lowest BCUT2D eigenvalue weighted by Gasteiger charge is -2.53. The molecule has 0 spiro atoms. The van der Waals surface area contributed by atoms with Crippen molar-refractivity contribution in [3.63, 3.8) is 0 Å². The minimum atomic E-state index is -3.53. The smallest absolute Gasteiger partial charge is 0.407 e. The lowest BCUT2D eigenvalue weighted by atomic mass is 9.58. The van der Waals surface area contributed by atoms with Crippen LogP contribution in [0.3, 0.4) is 0 Å². The fourth-order valence-electron chi connectivity index (χ4n) is 10.6. The number of nitrogens with one attached hydrogen (secondary N) is 1. The number of hydrogen-bond acceptors (Lipinski definition) is 10. The first-order chi connectivity index (χ1) is 28.2. The van der Waals surface area contributed by atoms with Gasteiger partial charge >= 0.3 is 6.09 Å². The van der Waals surface area contributed by atoms with Crippen molar-refractivity contribution in [2.75, 3.05) is 98.1 Å². The Morgan fingerprint density at radius 2 is 1.68 bits per heavy atom. The van der Waals surface area contributed by atoms with E-state index in [1.165, 1.54) is 19.3 Å². The number of sulfone groups is 1. The quantitative estimate of drug-likeness (QED) is 0.265. The number of nitrogens with zero attached hydrogens (tertiary/aromatic N) is 5. The summed E-state index contributed by atoms with van der Waals surface area (Å²) in [5.41, 5.74) is 0.948. The predicted molar refractivity (Wildman–Crippen MR) is 228 cm³/mol. The number of benzene rings is 2. The maximum Gasteiger partial charge on any atom is 0.407 e. The number of likely N-dealkylation sites (tertiary alicyclic amines) is 3. The van der Waals surface area contributed by atoms with Crippen LogP contribution in [0, 0.1) is 23.6 Å². The third-order valence-corrected chi connectivity index (χ3v) is 16.2. The number of aliphatic hydroxyl groups is 1. The highest BCUT2D eigenvalue weighted by molar-refractivity contribution is 7.92. The molecule has 2 amide bonds. The summed E-state index contributed by atoms with van der Waals surface area (Å²) in [5.74, 6) is 0.484. The number of ether oxygens (including phenoxy) is 1. The van der Waals surface area contributed by atoms with E-state index in [1.54, 1.807) is 29.2 Å². The van der Waals surface area contributed by atoms with Gasteiger partial charge < -0.3 is 39.7 Å². The monoisotopic (exact) mass is 836 g/mol. The van der Waals surface area contributed by atoms with E-state index in [1.807, 2.05) is 44.1 Å². The average Bonchev–Trinajstić information content (AvgIpc) is 3.63. The molecule has 2 N–H and O–H groups in total. The van der Waals surface area contributed by atoms with E-state index in [0.717, 1.165) is 95.7 Å². The van der Waals surface area contributed by atoms with Crippen molar-refractivity contribution in [1.82, 2.24) is 24.9 Å². The van der Waals surface area contributed by atoms with Gasteiger partial charge in [0, 0.05) is 88.0 Å². The van der Waals surface area contributed by atoms with Gasteiger partial charge in [0.1, 0.15) is 11.1 Å². The van der Waals surface area contributed by atoms with Gasteiger partial charge in [-0.15, -0.1) is 0 Å². The van der Waals surface area contributed by atoms with Crippen LogP contribution in [0.5, 0.6) is 0 Å². The molecule has 59 heavy (non-hydrogen) atoms. The molecule has 0 bridgehead atoms. The van der Waals surface area contributed by atoms with Gasteiger partial charge in [-0.05, 0) is 126 Å². The van der Waals surface area contributed by atoms with Crippen LogP contribution in [0.15, 0.2) is 65.6 Å². The number of rotatable bonds is 14. The van der Waals surface area contributed by atoms with Gasteiger partial charge in [0.05, 0.1) is 17.6 Å². The molecule has 5 fully saturated rings. The van der Waals surface area contributed by atoms with Gasteiger partial charge in [0.2, 0.25) is 5.91 Å². The summed E-state index contributed by atoms with van der Waals surface area (Å²) >= 11 is 0. The lowest BCUT2D eigenvalue weighted by Crippen LogP contribution is -2.59. The van der Waals surface area contributed by atoms with Gasteiger partial charge in [-0.2, -0.15) is 0 Å². The van der Waals surface area contributed by atoms with Crippen LogP contribution in [0.1, 0.15) is 57.4 Å². The van der Waals surface area contributed by atoms with Crippen LogP contribution in [0.25, 0.3) is 0 Å². The molecule has 4 saturated heterocycles. The summed E-state index contributed by atoms with van der Waals surface area (Å²) in [5, 5.41) is 13.4. The highest BCUT2D eigenvalue weighted by Crippen LogP contribution is 2.51. The Hall–Kier alpha value is -3.56. The van der Waals surface area contributed by atoms with Crippen molar-refractivity contribution < 1.29 is 32.2 Å². The molecule has 1 aliphatic carbocycles. The van der Waals surface area contributed by atoms with E-state index in [-0.39, 0.29) is 42.7 Å². The fraction of sp³-hybridized carbons (Fsp3) is 0.644. The van der Waals surface area contributed by atoms with Crippen molar-refractivity contribution in [2.45, 2.75) is 79.1 Å². The van der Waals surface area contributed by atoms with E-state index >= 15 is 4.39 Å². The molecule has 0 radical (unpaired) electrons. The molecule has 12 nitrogen and oxygen atoms in total. The van der Waals surface area contributed by atoms with Gasteiger partial charge in [-0.3, -0.25) is 4.79 Å². The molecule has 4 heterocycles. The fourth-order valence-corrected chi connectivity index (χ4v) is 12.3. The molecule has 7 rings (SSSR count). The molecule has 3 atom stereocenters. The van der Waals surface area contributed by atoms with Gasteiger partial charge in [0.15, 0.2) is 9.84 Å². The zero-order chi connectivity index (χ0) is 42.0. The largest absolute Gasteiger partial charge is 0.453 e. The number of methoxy groups -OCH3 is 1. The third kappa shape index (κ3) is 9.82. The Labute approximate surface area is 350 Å². The zero-order valence-electron chi connectivity index (χ0n) is 35.4. The number of carbonyl (C=O) groups excluding carboxylic acids is 2. The molecule has 0 unspecified atom stereocenters. The maximum absolute atomic E-state index is 15.2. The zero-order valence-corrected chi connectivity index (χ0v) is 36.2. The second kappa shape index (κ2) is 18.2. The number of alkyl carbamates (subject to hydrolysis) is 1. The molecule has 2 aromatic rings. The Morgan fingerprint density at radius 3 is 2.32 bits per heavy atom. The molecule has 1 saturated carbocycles. The number of amides is 2. The summed E-state index contributed by atoms with van der Waals surface area (Å²) in [4.78, 5) is 36.2. The van der Waals surface area contributed by atoms with Crippen LogP contribution in [0.4, 0.5) is 14.9 Å². The van der Waals surface area contributed by atoms with Gasteiger partial charge in [-0.25, -0.2) is 17.6 Å². The maximum atomic E-state index is 15.2. The Kier molecular flexibility index (Phi) is 13.4. The minimum absolute atomic E-state index is 0.0771. The molecule has 324 valence electrons. The molecule has 4 aliphatic heterocycles. The molecular weight excluding hydrogens is 772 g/mol. The average molecular weight is 837 g/mol. The van der Waals surface area contributed by atoms with E-state index in [9.17, 15) is 23.1 Å². The predicted octanol–water partition coefficient (Wildman–Crippen LogP) is 4.39. The first-order valence-electron chi connectivity index (χ1n) is 21.6. The highest BCUT2D eigenvalue weighted by Gasteiger charge is 2.53. The van der Waals surface area contributed by atoms with Crippen LogP contribution < -0.4 is 10.2 Å². The van der Waals surface area contributed by atoms with Crippen LogP contribution >= 0.6 is 0 Å². The molecule has 5 aliphatic rings. The number of hydrogen-bond donors (Lipinski definition) is 2. The topological polar surface area (TPSA) is 126 Å². The normalized spacial score (nSPS) is 24.9. The lowest BCUT2D eigenvalue weighted by molar-refractivity contribution is -0.129. The van der Waals surface area contributed by atoms with Gasteiger partial charge in [0.25, 0.3) is 0 Å². The van der Waals surface area contributed by atoms with Crippen molar-refractivity contribution in [2.24, 2.45) is 17.8 Å². The summed E-state index contributed by atoms with van der Waals surface area (Å²) in [6.07, 6.45) is 8.99. The van der Waals surface area contributed by atoms with E-state index in [4.69, 9.17) is 4.74 Å². The second-order valence-corrected chi connectivity index (χ2v) is 20.7. The Balaban J connectivity index is 0.972. The van der Waals surface area contributed by atoms with E-state index in [2.05, 4.69) is 26.1 Å². The Morgan fingerprint density at radius 1 is 0.983 bits per heavy atom. The summed E-state index contributed by atoms with van der Waals surface area (Å²) in [6, 6.07) is 14.3. The van der Waals surface area contributed by atoms with Crippen molar-refractivity contribution in [3.8, 4) is 0 Å².